The smallest absolute Gasteiger partial charge is 0.319 e. The molecule has 0 saturated carbocycles. The first kappa shape index (κ1) is 22.3. The average molecular weight is 441 g/mol. The SMILES string of the molecule is CCN1CCN(c2ccc(F)cc2C(C)NC(=O)Nc2cccnc2N2CCCC2)CC1. The molecule has 172 valence electrons. The van der Waals surface area contributed by atoms with Gasteiger partial charge >= 0.3 is 6.03 Å². The molecule has 0 spiro atoms. The molecule has 7 nitrogen and oxygen atoms in total. The second-order valence-corrected chi connectivity index (χ2v) is 8.51. The van der Waals surface area contributed by atoms with Crippen LogP contribution in [0.1, 0.15) is 38.3 Å². The van der Waals surface area contributed by atoms with Gasteiger partial charge in [0.15, 0.2) is 5.82 Å². The van der Waals surface area contributed by atoms with E-state index in [2.05, 4.69) is 37.2 Å². The van der Waals surface area contributed by atoms with Crippen LogP contribution in [-0.4, -0.2) is 61.7 Å². The lowest BCUT2D eigenvalue weighted by atomic mass is 10.0. The van der Waals surface area contributed by atoms with Crippen molar-refractivity contribution < 1.29 is 9.18 Å². The zero-order valence-corrected chi connectivity index (χ0v) is 19.0. The number of piperazine rings is 1. The van der Waals surface area contributed by atoms with E-state index in [0.29, 0.717) is 5.69 Å². The van der Waals surface area contributed by atoms with E-state index in [1.54, 1.807) is 6.20 Å². The molecule has 2 saturated heterocycles. The second-order valence-electron chi connectivity index (χ2n) is 8.51. The Labute approximate surface area is 189 Å². The standard InChI is InChI=1S/C24H33FN6O/c1-3-29-13-15-30(16-14-29)22-9-8-19(25)17-20(22)18(2)27-24(32)28-21-7-6-10-26-23(21)31-11-4-5-12-31/h6-10,17-18H,3-5,11-16H2,1-2H3,(H2,27,28,32). The van der Waals surface area contributed by atoms with Crippen molar-refractivity contribution in [1.82, 2.24) is 15.2 Å². The van der Waals surface area contributed by atoms with Crippen LogP contribution in [0.5, 0.6) is 0 Å². The van der Waals surface area contributed by atoms with Crippen molar-refractivity contribution in [1.29, 1.82) is 0 Å². The monoisotopic (exact) mass is 440 g/mol. The normalized spacial score (nSPS) is 18.0. The second kappa shape index (κ2) is 10.2. The fourth-order valence-corrected chi connectivity index (χ4v) is 4.57. The van der Waals surface area contributed by atoms with E-state index in [9.17, 15) is 9.18 Å². The number of urea groups is 1. The van der Waals surface area contributed by atoms with Gasteiger partial charge < -0.3 is 25.3 Å². The Hall–Kier alpha value is -2.87. The van der Waals surface area contributed by atoms with E-state index in [1.165, 1.54) is 12.1 Å². The Morgan fingerprint density at radius 3 is 2.56 bits per heavy atom. The van der Waals surface area contributed by atoms with Gasteiger partial charge in [0.05, 0.1) is 11.7 Å². The Balaban J connectivity index is 1.46. The molecule has 2 aliphatic rings. The first-order valence-corrected chi connectivity index (χ1v) is 11.6. The summed E-state index contributed by atoms with van der Waals surface area (Å²) < 4.78 is 14.1. The van der Waals surface area contributed by atoms with E-state index in [4.69, 9.17) is 0 Å². The molecule has 0 radical (unpaired) electrons. The third-order valence-electron chi connectivity index (χ3n) is 6.40. The number of carbonyl (C=O) groups excluding carboxylic acids is 1. The molecule has 3 heterocycles. The predicted molar refractivity (Wildman–Crippen MR) is 127 cm³/mol. The van der Waals surface area contributed by atoms with Crippen LogP contribution in [-0.2, 0) is 0 Å². The van der Waals surface area contributed by atoms with Crippen LogP contribution in [0, 0.1) is 5.82 Å². The van der Waals surface area contributed by atoms with Gasteiger partial charge in [-0.15, -0.1) is 0 Å². The van der Waals surface area contributed by atoms with Gasteiger partial charge in [-0.25, -0.2) is 14.2 Å². The average Bonchev–Trinajstić information content (AvgIpc) is 3.34. The van der Waals surface area contributed by atoms with Gasteiger partial charge in [0, 0.05) is 56.7 Å². The van der Waals surface area contributed by atoms with Crippen molar-refractivity contribution in [2.45, 2.75) is 32.7 Å². The number of likely N-dealkylation sites (N-methyl/N-ethyl adjacent to an activating group) is 1. The zero-order chi connectivity index (χ0) is 22.5. The molecule has 2 N–H and O–H groups in total. The Bertz CT molecular complexity index is 924. The number of pyridine rings is 1. The van der Waals surface area contributed by atoms with Crippen molar-refractivity contribution in [3.05, 3.63) is 47.9 Å². The summed E-state index contributed by atoms with van der Waals surface area (Å²) in [5.74, 6) is 0.502. The van der Waals surface area contributed by atoms with E-state index in [0.717, 1.165) is 75.7 Å². The van der Waals surface area contributed by atoms with Crippen molar-refractivity contribution in [2.75, 3.05) is 60.9 Å². The summed E-state index contributed by atoms with van der Waals surface area (Å²) in [6.07, 6.45) is 4.01. The number of hydrogen-bond donors (Lipinski definition) is 2. The van der Waals surface area contributed by atoms with Gasteiger partial charge in [-0.3, -0.25) is 0 Å². The minimum atomic E-state index is -0.350. The maximum Gasteiger partial charge on any atom is 0.319 e. The van der Waals surface area contributed by atoms with Crippen molar-refractivity contribution in [3.8, 4) is 0 Å². The molecule has 2 amide bonds. The molecule has 2 fully saturated rings. The summed E-state index contributed by atoms with van der Waals surface area (Å²) in [4.78, 5) is 24.2. The van der Waals surface area contributed by atoms with Crippen molar-refractivity contribution in [3.63, 3.8) is 0 Å². The lowest BCUT2D eigenvalue weighted by Crippen LogP contribution is -2.46. The number of carbonyl (C=O) groups is 1. The van der Waals surface area contributed by atoms with E-state index >= 15 is 0 Å². The number of nitrogens with one attached hydrogen (secondary N) is 2. The highest BCUT2D eigenvalue weighted by Crippen LogP contribution is 2.29. The van der Waals surface area contributed by atoms with Crippen LogP contribution in [0.3, 0.4) is 0 Å². The van der Waals surface area contributed by atoms with Gasteiger partial charge in [-0.05, 0) is 56.6 Å². The summed E-state index contributed by atoms with van der Waals surface area (Å²) in [6, 6.07) is 7.87. The largest absolute Gasteiger partial charge is 0.369 e. The molecule has 32 heavy (non-hydrogen) atoms. The number of amides is 2. The molecule has 2 aliphatic heterocycles. The van der Waals surface area contributed by atoms with Gasteiger partial charge in [0.1, 0.15) is 5.82 Å². The maximum atomic E-state index is 14.1. The zero-order valence-electron chi connectivity index (χ0n) is 19.0. The Morgan fingerprint density at radius 1 is 1.09 bits per heavy atom. The fraction of sp³-hybridized carbons (Fsp3) is 0.500. The third kappa shape index (κ3) is 5.12. The highest BCUT2D eigenvalue weighted by molar-refractivity contribution is 5.92. The minimum absolute atomic E-state index is 0.298. The van der Waals surface area contributed by atoms with Crippen LogP contribution in [0.4, 0.5) is 26.4 Å². The quantitative estimate of drug-likeness (QED) is 0.715. The molecule has 2 aromatic rings. The van der Waals surface area contributed by atoms with Crippen LogP contribution in [0.2, 0.25) is 0 Å². The van der Waals surface area contributed by atoms with Gasteiger partial charge in [-0.2, -0.15) is 0 Å². The number of rotatable bonds is 6. The Kier molecular flexibility index (Phi) is 7.09. The molecule has 0 aliphatic carbocycles. The molecule has 1 aromatic heterocycles. The summed E-state index contributed by atoms with van der Waals surface area (Å²) in [5.41, 5.74) is 2.46. The number of benzene rings is 1. The van der Waals surface area contributed by atoms with E-state index in [-0.39, 0.29) is 17.9 Å². The number of hydrogen-bond acceptors (Lipinski definition) is 5. The lowest BCUT2D eigenvalue weighted by molar-refractivity contribution is 0.249. The number of halogens is 1. The molecule has 0 bridgehead atoms. The molecule has 1 unspecified atom stereocenters. The lowest BCUT2D eigenvalue weighted by Gasteiger charge is -2.37. The molecule has 4 rings (SSSR count). The topological polar surface area (TPSA) is 63.7 Å². The van der Waals surface area contributed by atoms with Gasteiger partial charge in [0.25, 0.3) is 0 Å². The molecular formula is C24H33FN6O. The molecule has 8 heteroatoms. The molecule has 1 atom stereocenters. The Morgan fingerprint density at radius 2 is 1.84 bits per heavy atom. The fourth-order valence-electron chi connectivity index (χ4n) is 4.57. The van der Waals surface area contributed by atoms with Gasteiger partial charge in [-0.1, -0.05) is 6.92 Å². The van der Waals surface area contributed by atoms with Crippen LogP contribution in [0.25, 0.3) is 0 Å². The van der Waals surface area contributed by atoms with Crippen LogP contribution >= 0.6 is 0 Å². The van der Waals surface area contributed by atoms with E-state index in [1.807, 2.05) is 25.1 Å². The third-order valence-corrected chi connectivity index (χ3v) is 6.40. The van der Waals surface area contributed by atoms with E-state index < -0.39 is 0 Å². The molecule has 1 aromatic carbocycles. The molecular weight excluding hydrogens is 407 g/mol. The highest BCUT2D eigenvalue weighted by atomic mass is 19.1. The minimum Gasteiger partial charge on any atom is -0.369 e. The van der Waals surface area contributed by atoms with Crippen LogP contribution in [0.15, 0.2) is 36.5 Å². The number of aromatic nitrogens is 1. The van der Waals surface area contributed by atoms with Crippen molar-refractivity contribution >= 4 is 23.2 Å². The number of anilines is 3. The van der Waals surface area contributed by atoms with Gasteiger partial charge in [0.2, 0.25) is 0 Å². The summed E-state index contributed by atoms with van der Waals surface area (Å²) >= 11 is 0. The summed E-state index contributed by atoms with van der Waals surface area (Å²) in [5, 5.41) is 5.94. The first-order chi connectivity index (χ1) is 15.5. The summed E-state index contributed by atoms with van der Waals surface area (Å²) in [7, 11) is 0. The first-order valence-electron chi connectivity index (χ1n) is 11.6. The van der Waals surface area contributed by atoms with Crippen molar-refractivity contribution in [2.24, 2.45) is 0 Å². The van der Waals surface area contributed by atoms with Crippen LogP contribution < -0.4 is 20.4 Å². The summed E-state index contributed by atoms with van der Waals surface area (Å²) in [6.45, 7) is 10.7. The maximum absolute atomic E-state index is 14.1. The highest BCUT2D eigenvalue weighted by Gasteiger charge is 2.23. The number of nitrogens with zero attached hydrogens (tertiary/aromatic N) is 4. The predicted octanol–water partition coefficient (Wildman–Crippen LogP) is 3.85.